The van der Waals surface area contributed by atoms with E-state index in [1.54, 1.807) is 7.11 Å². The van der Waals surface area contributed by atoms with Gasteiger partial charge in [0, 0.05) is 18.4 Å². The van der Waals surface area contributed by atoms with Crippen molar-refractivity contribution in [1.29, 1.82) is 5.26 Å². The molecule has 0 radical (unpaired) electrons. The average Bonchev–Trinajstić information content (AvgIpc) is 2.73. The van der Waals surface area contributed by atoms with Crippen molar-refractivity contribution in [3.05, 3.63) is 88.5 Å². The number of nitrogens with zero attached hydrogens (tertiary/aromatic N) is 1. The van der Waals surface area contributed by atoms with Gasteiger partial charge in [-0.25, -0.2) is 0 Å². The van der Waals surface area contributed by atoms with E-state index in [0.29, 0.717) is 29.9 Å². The van der Waals surface area contributed by atoms with Crippen LogP contribution < -0.4 is 10.5 Å². The Morgan fingerprint density at radius 3 is 2.43 bits per heavy atom. The van der Waals surface area contributed by atoms with Crippen LogP contribution in [0.5, 0.6) is 5.75 Å². The van der Waals surface area contributed by atoms with E-state index in [0.717, 1.165) is 11.1 Å². The number of Topliss-reactive ketones (excluding diaryl/α,β-unsaturated/α-hetero) is 1. The minimum atomic E-state index is -0.510. The van der Waals surface area contributed by atoms with Gasteiger partial charge < -0.3 is 15.2 Å². The van der Waals surface area contributed by atoms with Crippen LogP contribution in [0.15, 0.2) is 77.4 Å². The zero-order chi connectivity index (χ0) is 19.7. The van der Waals surface area contributed by atoms with Crippen LogP contribution in [0, 0.1) is 11.3 Å². The molecule has 2 aromatic carbocycles. The van der Waals surface area contributed by atoms with Gasteiger partial charge in [-0.05, 0) is 29.2 Å². The number of rotatable bonds is 3. The van der Waals surface area contributed by atoms with Gasteiger partial charge in [0.05, 0.1) is 13.0 Å². The van der Waals surface area contributed by atoms with Crippen molar-refractivity contribution in [1.82, 2.24) is 0 Å². The lowest BCUT2D eigenvalue weighted by molar-refractivity contribution is -0.117. The number of methoxy groups -OCH3 is 1. The third kappa shape index (κ3) is 3.03. The Kier molecular flexibility index (Phi) is 4.62. The number of hydrogen-bond acceptors (Lipinski definition) is 5. The number of ketones is 1. The Balaban J connectivity index is 1.77. The van der Waals surface area contributed by atoms with Crippen LogP contribution in [0.2, 0.25) is 0 Å². The summed E-state index contributed by atoms with van der Waals surface area (Å²) in [7, 11) is 1.59. The molecule has 4 rings (SSSR count). The number of allylic oxidation sites excluding steroid dienone is 3. The Morgan fingerprint density at radius 1 is 1.07 bits per heavy atom. The first-order valence-electron chi connectivity index (χ1n) is 9.15. The van der Waals surface area contributed by atoms with Crippen LogP contribution in [-0.2, 0) is 9.53 Å². The maximum absolute atomic E-state index is 13.2. The molecule has 1 heterocycles. The van der Waals surface area contributed by atoms with Gasteiger partial charge >= 0.3 is 0 Å². The number of ether oxygens (including phenoxy) is 2. The summed E-state index contributed by atoms with van der Waals surface area (Å²) >= 11 is 0. The summed E-state index contributed by atoms with van der Waals surface area (Å²) in [4.78, 5) is 13.2. The van der Waals surface area contributed by atoms with Gasteiger partial charge in [0.25, 0.3) is 0 Å². The molecule has 1 aliphatic carbocycles. The molecular weight excluding hydrogens is 352 g/mol. The first-order valence-corrected chi connectivity index (χ1v) is 9.15. The van der Waals surface area contributed by atoms with Crippen molar-refractivity contribution < 1.29 is 14.3 Å². The highest BCUT2D eigenvalue weighted by Crippen LogP contribution is 2.46. The summed E-state index contributed by atoms with van der Waals surface area (Å²) in [6.07, 6.45) is 0.967. The predicted molar refractivity (Wildman–Crippen MR) is 104 cm³/mol. The second-order valence-electron chi connectivity index (χ2n) is 6.97. The molecule has 0 unspecified atom stereocenters. The van der Waals surface area contributed by atoms with Crippen molar-refractivity contribution in [2.75, 3.05) is 7.11 Å². The molecule has 0 saturated carbocycles. The molecule has 0 saturated heterocycles. The summed E-state index contributed by atoms with van der Waals surface area (Å²) in [6, 6.07) is 19.4. The highest BCUT2D eigenvalue weighted by molar-refractivity contribution is 6.00. The molecule has 5 heteroatoms. The lowest BCUT2D eigenvalue weighted by atomic mass is 9.73. The molecule has 2 N–H and O–H groups in total. The van der Waals surface area contributed by atoms with Gasteiger partial charge in [0.2, 0.25) is 5.88 Å². The van der Waals surface area contributed by atoms with E-state index in [4.69, 9.17) is 15.2 Å². The number of nitrogens with two attached hydrogens (primary N) is 1. The molecule has 28 heavy (non-hydrogen) atoms. The van der Waals surface area contributed by atoms with E-state index >= 15 is 0 Å². The molecule has 0 spiro atoms. The van der Waals surface area contributed by atoms with Crippen LogP contribution in [0.25, 0.3) is 0 Å². The lowest BCUT2D eigenvalue weighted by Gasteiger charge is -2.34. The number of nitriles is 1. The molecule has 0 fully saturated rings. The molecular formula is C23H20N2O3. The smallest absolute Gasteiger partial charge is 0.205 e. The van der Waals surface area contributed by atoms with E-state index in [-0.39, 0.29) is 23.2 Å². The average molecular weight is 372 g/mol. The van der Waals surface area contributed by atoms with E-state index in [1.807, 2.05) is 54.6 Å². The standard InChI is InChI=1S/C23H20N2O3/c1-27-17-9-7-15(8-10-17)21-18(13-24)23(25)28-20-12-16(11-19(26)22(20)21)14-5-3-2-4-6-14/h2-10,16,21H,11-12,25H2,1H3/t16-,21-/m0/s1. The van der Waals surface area contributed by atoms with Crippen molar-refractivity contribution in [2.45, 2.75) is 24.7 Å². The van der Waals surface area contributed by atoms with Gasteiger partial charge in [0.15, 0.2) is 5.78 Å². The Bertz CT molecular complexity index is 1010. The number of benzene rings is 2. The van der Waals surface area contributed by atoms with Crippen molar-refractivity contribution in [3.63, 3.8) is 0 Å². The predicted octanol–water partition coefficient (Wildman–Crippen LogP) is 3.90. The summed E-state index contributed by atoms with van der Waals surface area (Å²) in [5.41, 5.74) is 8.81. The van der Waals surface area contributed by atoms with Crippen molar-refractivity contribution >= 4 is 5.78 Å². The first kappa shape index (κ1) is 17.9. The Labute approximate surface area is 163 Å². The van der Waals surface area contributed by atoms with Gasteiger partial charge in [-0.1, -0.05) is 42.5 Å². The maximum atomic E-state index is 13.2. The van der Waals surface area contributed by atoms with E-state index in [9.17, 15) is 10.1 Å². The molecule has 0 aromatic heterocycles. The van der Waals surface area contributed by atoms with Crippen LogP contribution >= 0.6 is 0 Å². The van der Waals surface area contributed by atoms with Crippen LogP contribution in [0.1, 0.15) is 35.8 Å². The van der Waals surface area contributed by atoms with Crippen LogP contribution in [-0.4, -0.2) is 12.9 Å². The second-order valence-corrected chi connectivity index (χ2v) is 6.97. The van der Waals surface area contributed by atoms with E-state index < -0.39 is 5.92 Å². The molecule has 2 atom stereocenters. The fourth-order valence-electron chi connectivity index (χ4n) is 4.00. The normalized spacial score (nSPS) is 21.6. The Hall–Kier alpha value is -3.52. The highest BCUT2D eigenvalue weighted by atomic mass is 16.5. The maximum Gasteiger partial charge on any atom is 0.205 e. The summed E-state index contributed by atoms with van der Waals surface area (Å²) in [5.74, 6) is 0.881. The minimum absolute atomic E-state index is 0.00355. The zero-order valence-corrected chi connectivity index (χ0v) is 15.5. The number of hydrogen-bond donors (Lipinski definition) is 1. The topological polar surface area (TPSA) is 85.3 Å². The largest absolute Gasteiger partial charge is 0.497 e. The fraction of sp³-hybridized carbons (Fsp3) is 0.217. The third-order valence-corrected chi connectivity index (χ3v) is 5.38. The van der Waals surface area contributed by atoms with Gasteiger partial charge in [-0.2, -0.15) is 5.26 Å². The molecule has 2 aromatic rings. The van der Waals surface area contributed by atoms with E-state index in [1.165, 1.54) is 0 Å². The summed E-state index contributed by atoms with van der Waals surface area (Å²) < 4.78 is 11.0. The molecule has 140 valence electrons. The number of carbonyl (C=O) groups is 1. The van der Waals surface area contributed by atoms with Gasteiger partial charge in [-0.15, -0.1) is 0 Å². The van der Waals surface area contributed by atoms with Gasteiger partial charge in [0.1, 0.15) is 23.2 Å². The SMILES string of the molecule is COc1ccc([C@H]2C(C#N)=C(N)OC3=C2C(=O)C[C@H](c2ccccc2)C3)cc1. The second kappa shape index (κ2) is 7.24. The quantitative estimate of drug-likeness (QED) is 0.883. The van der Waals surface area contributed by atoms with Crippen LogP contribution in [0.3, 0.4) is 0 Å². The highest BCUT2D eigenvalue weighted by Gasteiger charge is 2.40. The first-order chi connectivity index (χ1) is 13.6. The lowest BCUT2D eigenvalue weighted by Crippen LogP contribution is -2.29. The van der Waals surface area contributed by atoms with Crippen LogP contribution in [0.4, 0.5) is 0 Å². The van der Waals surface area contributed by atoms with E-state index in [2.05, 4.69) is 6.07 Å². The molecule has 1 aliphatic heterocycles. The monoisotopic (exact) mass is 372 g/mol. The van der Waals surface area contributed by atoms with Crippen molar-refractivity contribution in [2.24, 2.45) is 5.73 Å². The molecule has 5 nitrogen and oxygen atoms in total. The molecule has 0 amide bonds. The minimum Gasteiger partial charge on any atom is -0.497 e. The fourth-order valence-corrected chi connectivity index (χ4v) is 4.00. The summed E-state index contributed by atoms with van der Waals surface area (Å²) in [6.45, 7) is 0. The molecule has 2 aliphatic rings. The number of carbonyl (C=O) groups excluding carboxylic acids is 1. The Morgan fingerprint density at radius 2 is 1.79 bits per heavy atom. The summed E-state index contributed by atoms with van der Waals surface area (Å²) in [5, 5.41) is 9.67. The van der Waals surface area contributed by atoms with Gasteiger partial charge in [-0.3, -0.25) is 4.79 Å². The zero-order valence-electron chi connectivity index (χ0n) is 15.5. The van der Waals surface area contributed by atoms with Crippen molar-refractivity contribution in [3.8, 4) is 11.8 Å². The third-order valence-electron chi connectivity index (χ3n) is 5.38. The molecule has 0 bridgehead atoms.